The predicted octanol–water partition coefficient (Wildman–Crippen LogP) is 2.70. The van der Waals surface area contributed by atoms with E-state index in [0.717, 1.165) is 4.31 Å². The van der Waals surface area contributed by atoms with Crippen LogP contribution in [0.3, 0.4) is 0 Å². The highest BCUT2D eigenvalue weighted by molar-refractivity contribution is 7.89. The second-order valence-electron chi connectivity index (χ2n) is 5.62. The van der Waals surface area contributed by atoms with E-state index in [1.54, 1.807) is 0 Å². The molecule has 2 rings (SSSR count). The third kappa shape index (κ3) is 5.25. The molecule has 0 aliphatic rings. The maximum Gasteiger partial charge on any atom is 0.243 e. The molecule has 0 atom stereocenters. The molecular formula is C17H17ClFN3O4S. The monoisotopic (exact) mass is 413 g/mol. The lowest BCUT2D eigenvalue weighted by atomic mass is 10.3. The van der Waals surface area contributed by atoms with E-state index in [9.17, 15) is 22.4 Å². The van der Waals surface area contributed by atoms with E-state index in [-0.39, 0.29) is 21.5 Å². The van der Waals surface area contributed by atoms with Crippen LogP contribution in [0.4, 0.5) is 15.8 Å². The number of hydrogen-bond acceptors (Lipinski definition) is 4. The standard InChI is InChI=1S/C17H17ClFN3O4S/c1-11(23)20-12-6-8-13(9-7-12)27(25,26)22(2)10-16(24)21-15-5-3-4-14(18)17(15)19/h3-9H,10H2,1-2H3,(H,20,23)(H,21,24). The first-order chi connectivity index (χ1) is 12.6. The second kappa shape index (κ2) is 8.47. The van der Waals surface area contributed by atoms with Crippen LogP contribution in [0.15, 0.2) is 47.4 Å². The number of carbonyl (C=O) groups excluding carboxylic acids is 2. The van der Waals surface area contributed by atoms with Crippen LogP contribution in [-0.4, -0.2) is 38.1 Å². The van der Waals surface area contributed by atoms with Crippen LogP contribution in [0.2, 0.25) is 5.02 Å². The molecule has 0 saturated heterocycles. The Hall–Kier alpha value is -2.49. The Bertz CT molecular complexity index is 965. The first-order valence-corrected chi connectivity index (χ1v) is 9.51. The van der Waals surface area contributed by atoms with Crippen molar-refractivity contribution in [2.45, 2.75) is 11.8 Å². The Kier molecular flexibility index (Phi) is 6.53. The quantitative estimate of drug-likeness (QED) is 0.761. The van der Waals surface area contributed by atoms with Gasteiger partial charge in [-0.3, -0.25) is 9.59 Å². The van der Waals surface area contributed by atoms with Gasteiger partial charge in [0.25, 0.3) is 0 Å². The van der Waals surface area contributed by atoms with Crippen LogP contribution in [0.1, 0.15) is 6.92 Å². The lowest BCUT2D eigenvalue weighted by Crippen LogP contribution is -2.35. The van der Waals surface area contributed by atoms with Gasteiger partial charge >= 0.3 is 0 Å². The molecule has 2 amide bonds. The molecule has 2 aromatic carbocycles. The number of rotatable bonds is 6. The number of halogens is 2. The largest absolute Gasteiger partial charge is 0.326 e. The number of sulfonamides is 1. The molecule has 0 saturated carbocycles. The first kappa shape index (κ1) is 20.8. The van der Waals surface area contributed by atoms with Gasteiger partial charge in [0.05, 0.1) is 22.2 Å². The zero-order valence-electron chi connectivity index (χ0n) is 14.5. The molecule has 0 aliphatic carbocycles. The highest BCUT2D eigenvalue weighted by atomic mass is 35.5. The maximum atomic E-state index is 13.8. The van der Waals surface area contributed by atoms with Crippen molar-refractivity contribution in [1.82, 2.24) is 4.31 Å². The van der Waals surface area contributed by atoms with Gasteiger partial charge in [-0.1, -0.05) is 17.7 Å². The highest BCUT2D eigenvalue weighted by Gasteiger charge is 2.23. The third-order valence-corrected chi connectivity index (χ3v) is 5.58. The SMILES string of the molecule is CC(=O)Nc1ccc(S(=O)(=O)N(C)CC(=O)Nc2cccc(Cl)c2F)cc1. The van der Waals surface area contributed by atoms with Gasteiger partial charge in [0, 0.05) is 19.7 Å². The Balaban J connectivity index is 2.09. The van der Waals surface area contributed by atoms with Gasteiger partial charge in [0.1, 0.15) is 0 Å². The van der Waals surface area contributed by atoms with Crippen LogP contribution in [0.5, 0.6) is 0 Å². The Morgan fingerprint density at radius 1 is 1.11 bits per heavy atom. The summed E-state index contributed by atoms with van der Waals surface area (Å²) < 4.78 is 39.7. The van der Waals surface area contributed by atoms with Crippen molar-refractivity contribution < 1.29 is 22.4 Å². The zero-order valence-corrected chi connectivity index (χ0v) is 16.1. The fraction of sp³-hybridized carbons (Fsp3) is 0.176. The predicted molar refractivity (Wildman–Crippen MR) is 101 cm³/mol. The topological polar surface area (TPSA) is 95.6 Å². The van der Waals surface area contributed by atoms with Crippen LogP contribution in [0.25, 0.3) is 0 Å². The van der Waals surface area contributed by atoms with E-state index < -0.39 is 28.3 Å². The lowest BCUT2D eigenvalue weighted by molar-refractivity contribution is -0.116. The molecule has 0 aliphatic heterocycles. The lowest BCUT2D eigenvalue weighted by Gasteiger charge is -2.17. The number of hydrogen-bond donors (Lipinski definition) is 2. The summed E-state index contributed by atoms with van der Waals surface area (Å²) in [5, 5.41) is 4.65. The summed E-state index contributed by atoms with van der Waals surface area (Å²) in [7, 11) is -2.72. The van der Waals surface area contributed by atoms with Gasteiger partial charge in [0.2, 0.25) is 21.8 Å². The van der Waals surface area contributed by atoms with Crippen molar-refractivity contribution in [1.29, 1.82) is 0 Å². The smallest absolute Gasteiger partial charge is 0.243 e. The molecule has 0 heterocycles. The maximum absolute atomic E-state index is 13.8. The Morgan fingerprint density at radius 2 is 1.74 bits per heavy atom. The molecule has 10 heteroatoms. The number of likely N-dealkylation sites (N-methyl/N-ethyl adjacent to an activating group) is 1. The fourth-order valence-corrected chi connectivity index (χ4v) is 3.47. The summed E-state index contributed by atoms with van der Waals surface area (Å²) >= 11 is 5.64. The third-order valence-electron chi connectivity index (χ3n) is 3.47. The highest BCUT2D eigenvalue weighted by Crippen LogP contribution is 2.22. The average molecular weight is 414 g/mol. The normalized spacial score (nSPS) is 11.3. The number of nitrogens with one attached hydrogen (secondary N) is 2. The number of benzene rings is 2. The number of nitrogens with zero attached hydrogens (tertiary/aromatic N) is 1. The molecule has 2 N–H and O–H groups in total. The molecule has 7 nitrogen and oxygen atoms in total. The second-order valence-corrected chi connectivity index (χ2v) is 8.07. The van der Waals surface area contributed by atoms with Crippen LogP contribution in [0, 0.1) is 5.82 Å². The number of anilines is 2. The van der Waals surface area contributed by atoms with Gasteiger partial charge < -0.3 is 10.6 Å². The van der Waals surface area contributed by atoms with Crippen LogP contribution in [-0.2, 0) is 19.6 Å². The van der Waals surface area contributed by atoms with E-state index in [2.05, 4.69) is 10.6 Å². The number of carbonyl (C=O) groups is 2. The van der Waals surface area contributed by atoms with Crippen LogP contribution >= 0.6 is 11.6 Å². The summed E-state index contributed by atoms with van der Waals surface area (Å²) in [5.74, 6) is -1.81. The summed E-state index contributed by atoms with van der Waals surface area (Å²) in [6, 6.07) is 9.59. The molecule has 0 aromatic heterocycles. The van der Waals surface area contributed by atoms with Gasteiger partial charge in [-0.15, -0.1) is 0 Å². The molecule has 144 valence electrons. The van der Waals surface area contributed by atoms with E-state index in [0.29, 0.717) is 5.69 Å². The Morgan fingerprint density at radius 3 is 2.33 bits per heavy atom. The van der Waals surface area contributed by atoms with E-state index in [4.69, 9.17) is 11.6 Å². The van der Waals surface area contributed by atoms with Crippen LogP contribution < -0.4 is 10.6 Å². The summed E-state index contributed by atoms with van der Waals surface area (Å²) in [6.07, 6.45) is 0. The minimum absolute atomic E-state index is 0.0548. The van der Waals surface area contributed by atoms with Gasteiger partial charge in [-0.25, -0.2) is 12.8 Å². The fourth-order valence-electron chi connectivity index (χ4n) is 2.17. The molecule has 0 spiro atoms. The van der Waals surface area contributed by atoms with Crippen molar-refractivity contribution >= 4 is 44.8 Å². The van der Waals surface area contributed by atoms with E-state index >= 15 is 0 Å². The summed E-state index contributed by atoms with van der Waals surface area (Å²) in [5.41, 5.74) is 0.302. The van der Waals surface area contributed by atoms with Crippen molar-refractivity contribution in [2.75, 3.05) is 24.2 Å². The minimum atomic E-state index is -3.95. The van der Waals surface area contributed by atoms with E-state index in [1.807, 2.05) is 0 Å². The van der Waals surface area contributed by atoms with Crippen molar-refractivity contribution in [3.63, 3.8) is 0 Å². The molecule has 0 fully saturated rings. The van der Waals surface area contributed by atoms with Crippen molar-refractivity contribution in [2.24, 2.45) is 0 Å². The van der Waals surface area contributed by atoms with Crippen molar-refractivity contribution in [3.05, 3.63) is 53.3 Å². The Labute approximate surface area is 161 Å². The molecule has 2 aromatic rings. The molecule has 27 heavy (non-hydrogen) atoms. The minimum Gasteiger partial charge on any atom is -0.326 e. The van der Waals surface area contributed by atoms with E-state index in [1.165, 1.54) is 56.4 Å². The number of amides is 2. The van der Waals surface area contributed by atoms with Gasteiger partial charge in [-0.05, 0) is 36.4 Å². The molecular weight excluding hydrogens is 397 g/mol. The summed E-state index contributed by atoms with van der Waals surface area (Å²) in [4.78, 5) is 23.0. The van der Waals surface area contributed by atoms with Crippen molar-refractivity contribution in [3.8, 4) is 0 Å². The molecule has 0 radical (unpaired) electrons. The summed E-state index contributed by atoms with van der Waals surface area (Å²) in [6.45, 7) is 0.807. The van der Waals surface area contributed by atoms with Gasteiger partial charge in [-0.2, -0.15) is 4.31 Å². The molecule has 0 unspecified atom stereocenters. The average Bonchev–Trinajstić information content (AvgIpc) is 2.59. The first-order valence-electron chi connectivity index (χ1n) is 7.69. The van der Waals surface area contributed by atoms with Gasteiger partial charge in [0.15, 0.2) is 5.82 Å². The molecule has 0 bridgehead atoms. The zero-order chi connectivity index (χ0) is 20.2.